The van der Waals surface area contributed by atoms with Gasteiger partial charge in [0.2, 0.25) is 5.91 Å². The van der Waals surface area contributed by atoms with Crippen LogP contribution in [-0.2, 0) is 4.79 Å². The molecule has 21 heavy (non-hydrogen) atoms. The number of carbonyl (C=O) groups is 2. The maximum absolute atomic E-state index is 13.3. The summed E-state index contributed by atoms with van der Waals surface area (Å²) in [6.07, 6.45) is 0. The van der Waals surface area contributed by atoms with Crippen LogP contribution in [0, 0.1) is 12.7 Å². The van der Waals surface area contributed by atoms with E-state index in [4.69, 9.17) is 4.42 Å². The first-order chi connectivity index (χ1) is 9.95. The fourth-order valence-electron chi connectivity index (χ4n) is 1.56. The molecule has 2 N–H and O–H groups in total. The molecule has 1 aromatic carbocycles. The zero-order valence-corrected chi connectivity index (χ0v) is 12.7. The number of aryl methyl sites for hydroxylation is 1. The van der Waals surface area contributed by atoms with Gasteiger partial charge in [-0.2, -0.15) is 0 Å². The first-order valence-corrected chi connectivity index (χ1v) is 6.84. The predicted octanol–water partition coefficient (Wildman–Crippen LogP) is 2.86. The van der Waals surface area contributed by atoms with Crippen LogP contribution in [0.4, 0.5) is 10.1 Å². The van der Waals surface area contributed by atoms with E-state index in [0.29, 0.717) is 15.9 Å². The van der Waals surface area contributed by atoms with Crippen LogP contribution in [0.5, 0.6) is 0 Å². The molecule has 0 aliphatic heterocycles. The number of benzene rings is 1. The van der Waals surface area contributed by atoms with Gasteiger partial charge in [-0.25, -0.2) is 4.39 Å². The number of furan rings is 1. The summed E-state index contributed by atoms with van der Waals surface area (Å²) in [5, 5.41) is 4.89. The van der Waals surface area contributed by atoms with Gasteiger partial charge in [-0.1, -0.05) is 6.07 Å². The highest BCUT2D eigenvalue weighted by Crippen LogP contribution is 2.14. The van der Waals surface area contributed by atoms with Gasteiger partial charge in [0.05, 0.1) is 6.54 Å². The van der Waals surface area contributed by atoms with Crippen molar-refractivity contribution in [2.45, 2.75) is 6.92 Å². The average Bonchev–Trinajstić information content (AvgIpc) is 2.87. The second kappa shape index (κ2) is 6.53. The molecule has 0 spiro atoms. The van der Waals surface area contributed by atoms with Gasteiger partial charge in [-0.15, -0.1) is 0 Å². The molecule has 110 valence electrons. The lowest BCUT2D eigenvalue weighted by atomic mass is 10.2. The van der Waals surface area contributed by atoms with Crippen molar-refractivity contribution in [2.24, 2.45) is 0 Å². The zero-order valence-electron chi connectivity index (χ0n) is 11.1. The number of nitrogens with one attached hydrogen (secondary N) is 2. The lowest BCUT2D eigenvalue weighted by Gasteiger charge is -2.07. The molecule has 2 rings (SSSR count). The molecule has 1 heterocycles. The number of hydrogen-bond acceptors (Lipinski definition) is 3. The van der Waals surface area contributed by atoms with Crippen LogP contribution in [-0.4, -0.2) is 18.4 Å². The van der Waals surface area contributed by atoms with Crippen molar-refractivity contribution in [1.82, 2.24) is 5.32 Å². The van der Waals surface area contributed by atoms with Crippen molar-refractivity contribution in [3.8, 4) is 0 Å². The molecular weight excluding hydrogens is 343 g/mol. The van der Waals surface area contributed by atoms with Crippen LogP contribution >= 0.6 is 15.9 Å². The van der Waals surface area contributed by atoms with Gasteiger partial charge in [0.15, 0.2) is 10.4 Å². The number of rotatable bonds is 4. The lowest BCUT2D eigenvalue weighted by molar-refractivity contribution is -0.115. The minimum atomic E-state index is -0.508. The Balaban J connectivity index is 1.87. The third kappa shape index (κ3) is 4.16. The van der Waals surface area contributed by atoms with E-state index in [-0.39, 0.29) is 12.3 Å². The highest BCUT2D eigenvalue weighted by molar-refractivity contribution is 9.10. The molecule has 0 radical (unpaired) electrons. The fraction of sp³-hybridized carbons (Fsp3) is 0.143. The lowest BCUT2D eigenvalue weighted by Crippen LogP contribution is -2.32. The Morgan fingerprint density at radius 1 is 1.29 bits per heavy atom. The van der Waals surface area contributed by atoms with Gasteiger partial charge in [-0.05, 0) is 52.7 Å². The molecule has 0 atom stereocenters. The Morgan fingerprint density at radius 3 is 2.67 bits per heavy atom. The summed E-state index contributed by atoms with van der Waals surface area (Å²) in [5.74, 6) is -1.28. The van der Waals surface area contributed by atoms with Gasteiger partial charge in [-0.3, -0.25) is 9.59 Å². The second-order valence-corrected chi connectivity index (χ2v) is 5.08. The van der Waals surface area contributed by atoms with Gasteiger partial charge in [0.1, 0.15) is 5.82 Å². The molecule has 2 amide bonds. The predicted molar refractivity (Wildman–Crippen MR) is 78.5 cm³/mol. The van der Waals surface area contributed by atoms with E-state index in [1.54, 1.807) is 25.1 Å². The normalized spacial score (nSPS) is 10.2. The van der Waals surface area contributed by atoms with E-state index in [2.05, 4.69) is 26.6 Å². The molecule has 0 bridgehead atoms. The van der Waals surface area contributed by atoms with Crippen LogP contribution in [0.3, 0.4) is 0 Å². The topological polar surface area (TPSA) is 71.3 Å². The van der Waals surface area contributed by atoms with Crippen molar-refractivity contribution in [3.05, 3.63) is 52.1 Å². The number of amides is 2. The standard InChI is InChI=1S/C14H12BrFN2O3/c1-8-2-3-9(6-10(8)16)18-13(19)7-17-14(20)11-4-5-12(15)21-11/h2-6H,7H2,1H3,(H,17,20)(H,18,19). The van der Waals surface area contributed by atoms with Gasteiger partial charge < -0.3 is 15.1 Å². The van der Waals surface area contributed by atoms with E-state index >= 15 is 0 Å². The van der Waals surface area contributed by atoms with Crippen molar-refractivity contribution in [1.29, 1.82) is 0 Å². The molecule has 0 fully saturated rings. The van der Waals surface area contributed by atoms with E-state index < -0.39 is 17.6 Å². The summed E-state index contributed by atoms with van der Waals surface area (Å²) in [4.78, 5) is 23.3. The molecule has 0 aliphatic rings. The zero-order chi connectivity index (χ0) is 15.4. The molecule has 7 heteroatoms. The molecule has 0 unspecified atom stereocenters. The first-order valence-electron chi connectivity index (χ1n) is 6.05. The molecule has 5 nitrogen and oxygen atoms in total. The summed E-state index contributed by atoms with van der Waals surface area (Å²) in [5.41, 5.74) is 0.822. The Morgan fingerprint density at radius 2 is 2.05 bits per heavy atom. The summed E-state index contributed by atoms with van der Waals surface area (Å²) in [6, 6.07) is 7.42. The molecule has 0 saturated heterocycles. The minimum Gasteiger partial charge on any atom is -0.444 e. The van der Waals surface area contributed by atoms with Crippen molar-refractivity contribution in [2.75, 3.05) is 11.9 Å². The summed E-state index contributed by atoms with van der Waals surface area (Å²) in [7, 11) is 0. The average molecular weight is 355 g/mol. The Bertz CT molecular complexity index is 685. The number of hydrogen-bond donors (Lipinski definition) is 2. The van der Waals surface area contributed by atoms with E-state index in [1.165, 1.54) is 12.1 Å². The Hall–Kier alpha value is -2.15. The van der Waals surface area contributed by atoms with E-state index in [1.807, 2.05) is 0 Å². The Labute approximate surface area is 128 Å². The van der Waals surface area contributed by atoms with E-state index in [0.717, 1.165) is 0 Å². The second-order valence-electron chi connectivity index (χ2n) is 4.30. The third-order valence-electron chi connectivity index (χ3n) is 2.66. The minimum absolute atomic E-state index is 0.0936. The summed E-state index contributed by atoms with van der Waals surface area (Å²) >= 11 is 3.08. The quantitative estimate of drug-likeness (QED) is 0.886. The SMILES string of the molecule is Cc1ccc(NC(=O)CNC(=O)c2ccc(Br)o2)cc1F. The highest BCUT2D eigenvalue weighted by Gasteiger charge is 2.12. The van der Waals surface area contributed by atoms with Crippen LogP contribution in [0.2, 0.25) is 0 Å². The number of halogens is 2. The van der Waals surface area contributed by atoms with Crippen LogP contribution in [0.1, 0.15) is 16.1 Å². The maximum Gasteiger partial charge on any atom is 0.287 e. The largest absolute Gasteiger partial charge is 0.444 e. The van der Waals surface area contributed by atoms with Crippen LogP contribution < -0.4 is 10.6 Å². The molecule has 1 aromatic heterocycles. The maximum atomic E-state index is 13.3. The highest BCUT2D eigenvalue weighted by atomic mass is 79.9. The van der Waals surface area contributed by atoms with Crippen LogP contribution in [0.25, 0.3) is 0 Å². The Kier molecular flexibility index (Phi) is 4.74. The molecule has 2 aromatic rings. The van der Waals surface area contributed by atoms with Crippen LogP contribution in [0.15, 0.2) is 39.4 Å². The number of anilines is 1. The number of carbonyl (C=O) groups excluding carboxylic acids is 2. The summed E-state index contributed by atoms with van der Waals surface area (Å²) < 4.78 is 18.8. The smallest absolute Gasteiger partial charge is 0.287 e. The molecular formula is C14H12BrFN2O3. The van der Waals surface area contributed by atoms with Crippen molar-refractivity contribution in [3.63, 3.8) is 0 Å². The first kappa shape index (κ1) is 15.2. The molecule has 0 aliphatic carbocycles. The fourth-order valence-corrected chi connectivity index (χ4v) is 1.87. The van der Waals surface area contributed by atoms with Gasteiger partial charge >= 0.3 is 0 Å². The van der Waals surface area contributed by atoms with Crippen molar-refractivity contribution >= 4 is 33.4 Å². The monoisotopic (exact) mass is 354 g/mol. The molecule has 0 saturated carbocycles. The third-order valence-corrected chi connectivity index (χ3v) is 3.09. The van der Waals surface area contributed by atoms with E-state index in [9.17, 15) is 14.0 Å². The van der Waals surface area contributed by atoms with Gasteiger partial charge in [0, 0.05) is 5.69 Å². The van der Waals surface area contributed by atoms with Crippen molar-refractivity contribution < 1.29 is 18.4 Å². The van der Waals surface area contributed by atoms with Gasteiger partial charge in [0.25, 0.3) is 5.91 Å². The summed E-state index contributed by atoms with van der Waals surface area (Å²) in [6.45, 7) is 1.38.